The molecule has 0 fully saturated rings. The third-order valence-electron chi connectivity index (χ3n) is 1.71. The zero-order valence-electron chi connectivity index (χ0n) is 7.50. The summed E-state index contributed by atoms with van der Waals surface area (Å²) in [7, 11) is 0. The second-order valence-electron chi connectivity index (χ2n) is 2.78. The summed E-state index contributed by atoms with van der Waals surface area (Å²) in [6, 6.07) is 6.67. The molecule has 0 radical (unpaired) electrons. The largest absolute Gasteiger partial charge is 0.330 e. The van der Waals surface area contributed by atoms with Gasteiger partial charge in [-0.15, -0.1) is 0 Å². The van der Waals surface area contributed by atoms with Gasteiger partial charge >= 0.3 is 0 Å². The van der Waals surface area contributed by atoms with E-state index in [1.54, 1.807) is 0 Å². The molecule has 0 aliphatic carbocycles. The summed E-state index contributed by atoms with van der Waals surface area (Å²) in [5.74, 6) is 1.89. The Morgan fingerprint density at radius 1 is 1.15 bits per heavy atom. The van der Waals surface area contributed by atoms with Crippen molar-refractivity contribution < 1.29 is 4.39 Å². The molecule has 0 unspecified atom stereocenters. The second kappa shape index (κ2) is 6.00. The first-order chi connectivity index (χ1) is 6.33. The first kappa shape index (κ1) is 10.5. The van der Waals surface area contributed by atoms with Crippen molar-refractivity contribution in [2.24, 2.45) is 5.73 Å². The number of aryl methyl sites for hydroxylation is 1. The van der Waals surface area contributed by atoms with Gasteiger partial charge in [0.05, 0.1) is 0 Å². The van der Waals surface area contributed by atoms with Crippen LogP contribution in [-0.4, -0.2) is 18.1 Å². The van der Waals surface area contributed by atoms with E-state index < -0.39 is 0 Å². The Hall–Kier alpha value is -0.540. The molecule has 1 nitrogen and oxygen atoms in total. The minimum Gasteiger partial charge on any atom is -0.330 e. The number of halogens is 1. The molecule has 3 heteroatoms. The molecule has 0 amide bonds. The Bertz CT molecular complexity index is 235. The van der Waals surface area contributed by atoms with Gasteiger partial charge in [0.2, 0.25) is 0 Å². The van der Waals surface area contributed by atoms with Gasteiger partial charge in [-0.25, -0.2) is 4.39 Å². The van der Waals surface area contributed by atoms with E-state index in [1.807, 2.05) is 23.9 Å². The molecule has 1 aromatic rings. The Kier molecular flexibility index (Phi) is 4.86. The fourth-order valence-electron chi connectivity index (χ4n) is 1.03. The van der Waals surface area contributed by atoms with Crippen molar-refractivity contribution in [2.75, 3.05) is 18.1 Å². The molecule has 0 atom stereocenters. The minimum absolute atomic E-state index is 0.168. The van der Waals surface area contributed by atoms with Crippen molar-refractivity contribution >= 4 is 11.8 Å². The van der Waals surface area contributed by atoms with Crippen LogP contribution in [0.4, 0.5) is 4.39 Å². The van der Waals surface area contributed by atoms with E-state index >= 15 is 0 Å². The zero-order valence-corrected chi connectivity index (χ0v) is 8.32. The highest BCUT2D eigenvalue weighted by molar-refractivity contribution is 7.99. The smallest absolute Gasteiger partial charge is 0.123 e. The second-order valence-corrected chi connectivity index (χ2v) is 4.00. The molecule has 13 heavy (non-hydrogen) atoms. The first-order valence-corrected chi connectivity index (χ1v) is 5.50. The van der Waals surface area contributed by atoms with E-state index in [0.29, 0.717) is 0 Å². The molecule has 0 aromatic heterocycles. The maximum Gasteiger partial charge on any atom is 0.123 e. The lowest BCUT2D eigenvalue weighted by atomic mass is 10.2. The number of hydrogen-bond donors (Lipinski definition) is 1. The molecule has 0 saturated carbocycles. The summed E-state index contributed by atoms with van der Waals surface area (Å²) in [4.78, 5) is 0. The topological polar surface area (TPSA) is 26.0 Å². The Morgan fingerprint density at radius 2 is 1.85 bits per heavy atom. The molecule has 0 saturated heterocycles. The van der Waals surface area contributed by atoms with Crippen LogP contribution in [0.5, 0.6) is 0 Å². The van der Waals surface area contributed by atoms with Crippen LogP contribution in [0.2, 0.25) is 0 Å². The normalized spacial score (nSPS) is 10.3. The summed E-state index contributed by atoms with van der Waals surface area (Å²) >= 11 is 1.83. The molecule has 0 aliphatic heterocycles. The van der Waals surface area contributed by atoms with E-state index in [9.17, 15) is 4.39 Å². The first-order valence-electron chi connectivity index (χ1n) is 4.35. The van der Waals surface area contributed by atoms with E-state index in [-0.39, 0.29) is 5.82 Å². The van der Waals surface area contributed by atoms with Crippen LogP contribution in [0.15, 0.2) is 24.3 Å². The third kappa shape index (κ3) is 4.29. The zero-order chi connectivity index (χ0) is 9.52. The van der Waals surface area contributed by atoms with Crippen LogP contribution in [0, 0.1) is 5.82 Å². The van der Waals surface area contributed by atoms with Crippen molar-refractivity contribution in [3.8, 4) is 0 Å². The van der Waals surface area contributed by atoms with Gasteiger partial charge in [0, 0.05) is 12.3 Å². The number of hydrogen-bond acceptors (Lipinski definition) is 2. The lowest BCUT2D eigenvalue weighted by Gasteiger charge is -2.00. The Balaban J connectivity index is 2.25. The van der Waals surface area contributed by atoms with Gasteiger partial charge in [-0.05, 0) is 29.9 Å². The molecule has 72 valence electrons. The Labute approximate surface area is 82.5 Å². The fraction of sp³-hybridized carbons (Fsp3) is 0.400. The van der Waals surface area contributed by atoms with E-state index in [2.05, 4.69) is 0 Å². The summed E-state index contributed by atoms with van der Waals surface area (Å²) in [5.41, 5.74) is 6.54. The van der Waals surface area contributed by atoms with Gasteiger partial charge < -0.3 is 5.73 Å². The van der Waals surface area contributed by atoms with Crippen molar-refractivity contribution in [3.63, 3.8) is 0 Å². The van der Waals surface area contributed by atoms with Crippen LogP contribution < -0.4 is 5.73 Å². The summed E-state index contributed by atoms with van der Waals surface area (Å²) in [6.45, 7) is 0.730. The van der Waals surface area contributed by atoms with E-state index in [1.165, 1.54) is 17.7 Å². The number of benzene rings is 1. The molecule has 1 aromatic carbocycles. The maximum absolute atomic E-state index is 12.5. The van der Waals surface area contributed by atoms with Crippen molar-refractivity contribution in [2.45, 2.75) is 6.42 Å². The quantitative estimate of drug-likeness (QED) is 0.735. The van der Waals surface area contributed by atoms with Gasteiger partial charge in [0.15, 0.2) is 0 Å². The molecule has 0 bridgehead atoms. The summed E-state index contributed by atoms with van der Waals surface area (Å²) < 4.78 is 12.5. The van der Waals surface area contributed by atoms with Crippen LogP contribution >= 0.6 is 11.8 Å². The van der Waals surface area contributed by atoms with Gasteiger partial charge in [0.1, 0.15) is 5.82 Å². The fourth-order valence-corrected chi connectivity index (χ4v) is 1.78. The average molecular weight is 199 g/mol. The van der Waals surface area contributed by atoms with Crippen LogP contribution in [0.25, 0.3) is 0 Å². The molecular formula is C10H14FNS. The van der Waals surface area contributed by atoms with Gasteiger partial charge in [0.25, 0.3) is 0 Å². The highest BCUT2D eigenvalue weighted by Gasteiger charge is 1.93. The SMILES string of the molecule is NCCSCCc1ccc(F)cc1. The lowest BCUT2D eigenvalue weighted by Crippen LogP contribution is -2.02. The monoisotopic (exact) mass is 199 g/mol. The van der Waals surface area contributed by atoms with Crippen molar-refractivity contribution in [1.82, 2.24) is 0 Å². The standard InChI is InChI=1S/C10H14FNS/c11-10-3-1-9(2-4-10)5-7-13-8-6-12/h1-4H,5-8,12H2. The number of thioether (sulfide) groups is 1. The van der Waals surface area contributed by atoms with Gasteiger partial charge in [-0.3, -0.25) is 0 Å². The molecule has 1 rings (SSSR count). The predicted octanol–water partition coefficient (Wildman–Crippen LogP) is 2.06. The number of nitrogens with two attached hydrogens (primary N) is 1. The van der Waals surface area contributed by atoms with Crippen LogP contribution in [0.1, 0.15) is 5.56 Å². The molecular weight excluding hydrogens is 185 g/mol. The van der Waals surface area contributed by atoms with Crippen LogP contribution in [0.3, 0.4) is 0 Å². The molecule has 0 spiro atoms. The van der Waals surface area contributed by atoms with Crippen LogP contribution in [-0.2, 0) is 6.42 Å². The van der Waals surface area contributed by atoms with E-state index in [4.69, 9.17) is 5.73 Å². The third-order valence-corrected chi connectivity index (χ3v) is 2.73. The summed E-state index contributed by atoms with van der Waals surface area (Å²) in [5, 5.41) is 0. The van der Waals surface area contributed by atoms with E-state index in [0.717, 1.165) is 24.5 Å². The summed E-state index contributed by atoms with van der Waals surface area (Å²) in [6.07, 6.45) is 0.991. The highest BCUT2D eigenvalue weighted by atomic mass is 32.2. The number of rotatable bonds is 5. The highest BCUT2D eigenvalue weighted by Crippen LogP contribution is 2.07. The molecule has 2 N–H and O–H groups in total. The average Bonchev–Trinajstić information content (AvgIpc) is 2.15. The lowest BCUT2D eigenvalue weighted by molar-refractivity contribution is 0.627. The predicted molar refractivity (Wildman–Crippen MR) is 56.5 cm³/mol. The van der Waals surface area contributed by atoms with Crippen molar-refractivity contribution in [1.29, 1.82) is 0 Å². The van der Waals surface area contributed by atoms with Crippen molar-refractivity contribution in [3.05, 3.63) is 35.6 Å². The van der Waals surface area contributed by atoms with Gasteiger partial charge in [-0.1, -0.05) is 12.1 Å². The Morgan fingerprint density at radius 3 is 2.46 bits per heavy atom. The van der Waals surface area contributed by atoms with Gasteiger partial charge in [-0.2, -0.15) is 11.8 Å². The molecule has 0 heterocycles. The molecule has 0 aliphatic rings. The minimum atomic E-state index is -0.168. The maximum atomic E-state index is 12.5.